The summed E-state index contributed by atoms with van der Waals surface area (Å²) in [6.07, 6.45) is -2.90. The van der Waals surface area contributed by atoms with Crippen LogP contribution in [0.1, 0.15) is 5.69 Å². The van der Waals surface area contributed by atoms with Gasteiger partial charge in [0.15, 0.2) is 0 Å². The first kappa shape index (κ1) is 17.8. The van der Waals surface area contributed by atoms with Gasteiger partial charge in [0, 0.05) is 12.4 Å². The lowest BCUT2D eigenvalue weighted by molar-refractivity contribution is -0.184. The molecule has 0 fully saturated rings. The minimum absolute atomic E-state index is 0.000330. The highest BCUT2D eigenvalue weighted by Crippen LogP contribution is 2.24. The number of thiazole rings is 1. The van der Waals surface area contributed by atoms with Gasteiger partial charge in [-0.15, -0.1) is 11.3 Å². The molecule has 0 saturated heterocycles. The third-order valence-corrected chi connectivity index (χ3v) is 3.79. The number of nitrogens with zero attached hydrogens (tertiary/aromatic N) is 3. The van der Waals surface area contributed by atoms with E-state index in [2.05, 4.69) is 16.9 Å². The first-order chi connectivity index (χ1) is 11.2. The number of anilines is 1. The molecule has 2 heterocycles. The van der Waals surface area contributed by atoms with Crippen molar-refractivity contribution in [2.75, 3.05) is 19.0 Å². The number of ether oxygens (including phenoxy) is 1. The van der Waals surface area contributed by atoms with Crippen LogP contribution in [0.25, 0.3) is 4.83 Å². The van der Waals surface area contributed by atoms with Crippen LogP contribution in [0.2, 0.25) is 0 Å². The number of aromatic nitrogens is 2. The fourth-order valence-corrected chi connectivity index (χ4v) is 2.73. The van der Waals surface area contributed by atoms with E-state index >= 15 is 0 Å². The average molecular weight is 362 g/mol. The van der Waals surface area contributed by atoms with E-state index in [-0.39, 0.29) is 19.1 Å². The molecule has 0 unspecified atom stereocenters. The Labute approximate surface area is 138 Å². The van der Waals surface area contributed by atoms with Crippen molar-refractivity contribution in [2.45, 2.75) is 12.7 Å². The second-order valence-corrected chi connectivity index (χ2v) is 5.54. The van der Waals surface area contributed by atoms with Gasteiger partial charge >= 0.3 is 18.2 Å². The number of hydrogen-bond acceptors (Lipinski definition) is 5. The molecule has 0 aliphatic carbocycles. The zero-order valence-electron chi connectivity index (χ0n) is 12.5. The van der Waals surface area contributed by atoms with Gasteiger partial charge in [0.05, 0.1) is 18.4 Å². The number of carbonyl (C=O) groups is 2. The molecule has 130 valence electrons. The van der Waals surface area contributed by atoms with Gasteiger partial charge in [0.2, 0.25) is 5.95 Å². The molecule has 0 bridgehead atoms. The summed E-state index contributed by atoms with van der Waals surface area (Å²) < 4.78 is 43.6. The van der Waals surface area contributed by atoms with Crippen LogP contribution in [0, 0.1) is 0 Å². The Hall–Kier alpha value is -2.56. The van der Waals surface area contributed by atoms with Crippen LogP contribution in [-0.4, -0.2) is 46.1 Å². The van der Waals surface area contributed by atoms with Gasteiger partial charge in [0.25, 0.3) is 0 Å². The van der Waals surface area contributed by atoms with E-state index in [1.165, 1.54) is 28.0 Å². The van der Waals surface area contributed by atoms with Crippen LogP contribution in [0.5, 0.6) is 0 Å². The molecule has 24 heavy (non-hydrogen) atoms. The number of amides is 2. The summed E-state index contributed by atoms with van der Waals surface area (Å²) >= 11 is 1.21. The van der Waals surface area contributed by atoms with Crippen molar-refractivity contribution in [3.63, 3.8) is 0 Å². The first-order valence-electron chi connectivity index (χ1n) is 6.54. The van der Waals surface area contributed by atoms with Gasteiger partial charge in [0.1, 0.15) is 11.4 Å². The molecule has 2 aromatic heterocycles. The van der Waals surface area contributed by atoms with E-state index < -0.39 is 18.2 Å². The first-order valence-corrected chi connectivity index (χ1v) is 7.42. The second kappa shape index (κ2) is 6.91. The number of fused-ring (bicyclic) bond motifs is 1. The summed E-state index contributed by atoms with van der Waals surface area (Å²) in [6.45, 7) is 3.10. The zero-order chi connectivity index (χ0) is 17.9. The maximum atomic E-state index is 12.5. The van der Waals surface area contributed by atoms with Crippen LogP contribution >= 0.6 is 11.3 Å². The molecule has 0 saturated carbocycles. The lowest BCUT2D eigenvalue weighted by atomic mass is 10.4. The fraction of sp³-hybridized carbons (Fsp3) is 0.308. The molecule has 2 rings (SSSR count). The van der Waals surface area contributed by atoms with Crippen LogP contribution < -0.4 is 5.32 Å². The molecule has 2 aromatic rings. The number of imidazole rings is 1. The highest BCUT2D eigenvalue weighted by Gasteiger charge is 2.41. The Morgan fingerprint density at radius 1 is 1.54 bits per heavy atom. The lowest BCUT2D eigenvalue weighted by Crippen LogP contribution is -2.38. The predicted molar refractivity (Wildman–Crippen MR) is 80.8 cm³/mol. The number of halogens is 3. The van der Waals surface area contributed by atoms with E-state index in [1.54, 1.807) is 5.38 Å². The Morgan fingerprint density at radius 3 is 2.88 bits per heavy atom. The summed E-state index contributed by atoms with van der Waals surface area (Å²) in [4.78, 5) is 27.9. The van der Waals surface area contributed by atoms with Crippen LogP contribution in [-0.2, 0) is 16.1 Å². The monoisotopic (exact) mass is 362 g/mol. The minimum Gasteiger partial charge on any atom is -0.445 e. The van der Waals surface area contributed by atoms with E-state index in [4.69, 9.17) is 4.74 Å². The van der Waals surface area contributed by atoms with E-state index in [0.717, 1.165) is 7.05 Å². The number of alkyl halides is 3. The SMILES string of the molecule is C=CCOC(=O)Nc1ncc2scc(CN(C)C(=O)C(F)(F)F)n12. The molecule has 0 aromatic carbocycles. The van der Waals surface area contributed by atoms with E-state index in [1.807, 2.05) is 0 Å². The molecule has 2 amide bonds. The molecule has 0 atom stereocenters. The molecule has 0 aliphatic rings. The molecule has 0 spiro atoms. The van der Waals surface area contributed by atoms with Crippen LogP contribution in [0.4, 0.5) is 23.9 Å². The summed E-state index contributed by atoms with van der Waals surface area (Å²) in [5, 5.41) is 3.96. The Balaban J connectivity index is 2.20. The van der Waals surface area contributed by atoms with Crippen molar-refractivity contribution >= 4 is 34.1 Å². The average Bonchev–Trinajstić information content (AvgIpc) is 3.07. The Kier molecular flexibility index (Phi) is 5.12. The summed E-state index contributed by atoms with van der Waals surface area (Å²) in [5.74, 6) is -1.87. The quantitative estimate of drug-likeness (QED) is 0.830. The van der Waals surface area contributed by atoms with Gasteiger partial charge in [-0.05, 0) is 0 Å². The highest BCUT2D eigenvalue weighted by atomic mass is 32.1. The molecular formula is C13H13F3N4O3S. The van der Waals surface area contributed by atoms with Gasteiger partial charge in [-0.25, -0.2) is 9.78 Å². The molecule has 0 aliphatic heterocycles. The Morgan fingerprint density at radius 2 is 2.25 bits per heavy atom. The Bertz CT molecular complexity index is 768. The molecular weight excluding hydrogens is 349 g/mol. The topological polar surface area (TPSA) is 75.9 Å². The van der Waals surface area contributed by atoms with Crippen molar-refractivity contribution in [1.82, 2.24) is 14.3 Å². The molecule has 1 N–H and O–H groups in total. The third kappa shape index (κ3) is 3.85. The second-order valence-electron chi connectivity index (χ2n) is 4.65. The van der Waals surface area contributed by atoms with Gasteiger partial charge < -0.3 is 9.64 Å². The molecule has 7 nitrogen and oxygen atoms in total. The summed E-state index contributed by atoms with van der Waals surface area (Å²) in [6, 6.07) is 0. The number of carbonyl (C=O) groups excluding carboxylic acids is 2. The van der Waals surface area contributed by atoms with Crippen molar-refractivity contribution in [2.24, 2.45) is 0 Å². The van der Waals surface area contributed by atoms with Crippen molar-refractivity contribution in [1.29, 1.82) is 0 Å². The maximum Gasteiger partial charge on any atom is 0.471 e. The van der Waals surface area contributed by atoms with Crippen molar-refractivity contribution in [3.8, 4) is 0 Å². The fourth-order valence-electron chi connectivity index (χ4n) is 1.87. The van der Waals surface area contributed by atoms with E-state index in [9.17, 15) is 22.8 Å². The maximum absolute atomic E-state index is 12.5. The summed E-state index contributed by atoms with van der Waals surface area (Å²) in [7, 11) is 1.04. The normalized spacial score (nSPS) is 11.3. The number of rotatable bonds is 5. The van der Waals surface area contributed by atoms with E-state index in [0.29, 0.717) is 15.4 Å². The summed E-state index contributed by atoms with van der Waals surface area (Å²) in [5.41, 5.74) is 0.367. The smallest absolute Gasteiger partial charge is 0.445 e. The van der Waals surface area contributed by atoms with Crippen molar-refractivity contribution < 1.29 is 27.5 Å². The van der Waals surface area contributed by atoms with Crippen molar-refractivity contribution in [3.05, 3.63) is 29.9 Å². The molecule has 11 heteroatoms. The zero-order valence-corrected chi connectivity index (χ0v) is 13.3. The van der Waals surface area contributed by atoms with Gasteiger partial charge in [-0.1, -0.05) is 12.7 Å². The minimum atomic E-state index is -4.95. The van der Waals surface area contributed by atoms with Crippen LogP contribution in [0.3, 0.4) is 0 Å². The van der Waals surface area contributed by atoms with Crippen LogP contribution in [0.15, 0.2) is 24.2 Å². The third-order valence-electron chi connectivity index (χ3n) is 2.87. The van der Waals surface area contributed by atoms with Gasteiger partial charge in [-0.2, -0.15) is 13.2 Å². The lowest BCUT2D eigenvalue weighted by Gasteiger charge is -2.18. The number of nitrogens with one attached hydrogen (secondary N) is 1. The highest BCUT2D eigenvalue weighted by molar-refractivity contribution is 7.15. The largest absolute Gasteiger partial charge is 0.471 e. The number of hydrogen-bond donors (Lipinski definition) is 1. The molecule has 0 radical (unpaired) electrons. The van der Waals surface area contributed by atoms with Gasteiger partial charge in [-0.3, -0.25) is 14.5 Å². The standard InChI is InChI=1S/C13H13F3N4O3S/c1-3-4-23-12(22)18-11-17-5-9-20(11)8(7-24-9)6-19(2)10(21)13(14,15)16/h3,5,7H,1,4,6H2,2H3,(H,17,18,22). The predicted octanol–water partition coefficient (Wildman–Crippen LogP) is 2.65.